The van der Waals surface area contributed by atoms with Crippen molar-refractivity contribution in [1.29, 1.82) is 0 Å². The van der Waals surface area contributed by atoms with E-state index in [0.717, 1.165) is 17.7 Å². The Morgan fingerprint density at radius 1 is 1.07 bits per heavy atom. The molecular formula is C41H56F3N5O11S. The topological polar surface area (TPSA) is 209 Å². The number of nitrogens with one attached hydrogen (secondary N) is 3. The van der Waals surface area contributed by atoms with Gasteiger partial charge in [0, 0.05) is 23.4 Å². The molecule has 0 spiro atoms. The molecule has 4 amide bonds. The van der Waals surface area contributed by atoms with Crippen LogP contribution in [-0.4, -0.2) is 110 Å². The normalized spacial score (nSPS) is 23.0. The zero-order valence-electron chi connectivity index (χ0n) is 35.6. The first-order valence-electron chi connectivity index (χ1n) is 20.5. The number of aromatic nitrogens is 1. The highest BCUT2D eigenvalue weighted by Crippen LogP contribution is 2.44. The molecule has 20 heteroatoms. The number of carbonyl (C=O) groups is 5. The van der Waals surface area contributed by atoms with E-state index in [1.54, 1.807) is 32.0 Å². The number of sulfonamides is 1. The number of pyridine rings is 1. The van der Waals surface area contributed by atoms with Crippen LogP contribution in [0.3, 0.4) is 0 Å². The Morgan fingerprint density at radius 3 is 2.30 bits per heavy atom. The van der Waals surface area contributed by atoms with Crippen molar-refractivity contribution in [2.45, 2.75) is 134 Å². The molecule has 3 aliphatic rings. The number of alkyl carbamates (subject to hydrolysis) is 1. The second kappa shape index (κ2) is 18.2. The molecular weight excluding hydrogens is 828 g/mol. The summed E-state index contributed by atoms with van der Waals surface area (Å²) in [6, 6.07) is 1.95. The third-order valence-corrected chi connectivity index (χ3v) is 13.7. The second-order valence-electron chi connectivity index (χ2n) is 16.9. The van der Waals surface area contributed by atoms with Crippen LogP contribution >= 0.6 is 0 Å². The Balaban J connectivity index is 1.52. The maximum absolute atomic E-state index is 14.9. The quantitative estimate of drug-likeness (QED) is 0.166. The molecule has 0 unspecified atom stereocenters. The predicted octanol–water partition coefficient (Wildman–Crippen LogP) is 5.17. The monoisotopic (exact) mass is 883 g/mol. The molecule has 1 aromatic heterocycles. The van der Waals surface area contributed by atoms with E-state index >= 15 is 0 Å². The number of likely N-dealkylation sites (tertiary alicyclic amines) is 1. The van der Waals surface area contributed by atoms with E-state index in [4.69, 9.17) is 18.9 Å². The molecule has 2 aromatic rings. The Hall–Kier alpha value is -4.88. The number of alkyl halides is 3. The number of rotatable bonds is 18. The van der Waals surface area contributed by atoms with Crippen LogP contribution in [0.4, 0.5) is 18.0 Å². The molecule has 1 aliphatic heterocycles. The Kier molecular flexibility index (Phi) is 14.1. The fraction of sp³-hybridized carbons (Fsp3) is 0.659. The molecule has 2 aliphatic carbocycles. The van der Waals surface area contributed by atoms with Crippen molar-refractivity contribution in [1.82, 2.24) is 25.2 Å². The minimum Gasteiger partial charge on any atom is -0.497 e. The lowest BCUT2D eigenvalue weighted by Crippen LogP contribution is -2.59. The molecule has 5 rings (SSSR count). The molecule has 2 saturated carbocycles. The van der Waals surface area contributed by atoms with Crippen LogP contribution in [0.25, 0.3) is 10.8 Å². The van der Waals surface area contributed by atoms with Gasteiger partial charge in [-0.2, -0.15) is 13.2 Å². The van der Waals surface area contributed by atoms with Crippen molar-refractivity contribution in [2.24, 2.45) is 17.8 Å². The van der Waals surface area contributed by atoms with Crippen LogP contribution < -0.4 is 24.8 Å². The lowest BCUT2D eigenvalue weighted by molar-refractivity contribution is -0.244. The van der Waals surface area contributed by atoms with Crippen molar-refractivity contribution >= 4 is 50.6 Å². The van der Waals surface area contributed by atoms with Crippen LogP contribution in [0.15, 0.2) is 24.4 Å². The number of methoxy groups -OCH3 is 2. The van der Waals surface area contributed by atoms with Gasteiger partial charge in [0.25, 0.3) is 5.91 Å². The number of esters is 1. The number of nitrogens with zero attached hydrogens (tertiary/aromatic N) is 2. The molecule has 2 heterocycles. The SMILES string of the molecule is CCC[C@@H](C)C[C@@H](CC)[C@H](NC(=O)OC(C)(C)C(F)(F)F)C(=O)N1C[C@H](Oc2ncc(C(=O)OC)c3cc(OC)ccc23)C[C@H]1C(=O)N[C@]1(C(=O)NS(=O)(=O)C2CC2)C[C@H]1C. The zero-order chi connectivity index (χ0) is 45.2. The molecule has 1 saturated heterocycles. The number of amides is 4. The number of benzene rings is 1. The summed E-state index contributed by atoms with van der Waals surface area (Å²) >= 11 is 0. The van der Waals surface area contributed by atoms with Gasteiger partial charge in [0.2, 0.25) is 33.3 Å². The summed E-state index contributed by atoms with van der Waals surface area (Å²) in [5, 5.41) is 5.14. The third-order valence-electron chi connectivity index (χ3n) is 11.9. The van der Waals surface area contributed by atoms with E-state index in [1.165, 1.54) is 20.4 Å². The van der Waals surface area contributed by atoms with Gasteiger partial charge in [-0.1, -0.05) is 47.0 Å². The Morgan fingerprint density at radius 2 is 1.74 bits per heavy atom. The first-order valence-corrected chi connectivity index (χ1v) is 22.0. The fourth-order valence-corrected chi connectivity index (χ4v) is 9.21. The molecule has 3 N–H and O–H groups in total. The lowest BCUT2D eigenvalue weighted by Gasteiger charge is -2.35. The summed E-state index contributed by atoms with van der Waals surface area (Å²) < 4.78 is 90.6. The van der Waals surface area contributed by atoms with Gasteiger partial charge in [-0.05, 0) is 75.5 Å². The van der Waals surface area contributed by atoms with Gasteiger partial charge >= 0.3 is 18.2 Å². The van der Waals surface area contributed by atoms with Crippen molar-refractivity contribution in [3.8, 4) is 11.6 Å². The number of carbonyl (C=O) groups excluding carboxylic acids is 5. The van der Waals surface area contributed by atoms with E-state index in [2.05, 4.69) is 20.3 Å². The van der Waals surface area contributed by atoms with E-state index in [1.807, 2.05) is 13.8 Å². The van der Waals surface area contributed by atoms with Gasteiger partial charge < -0.3 is 34.5 Å². The van der Waals surface area contributed by atoms with Gasteiger partial charge in [-0.25, -0.2) is 23.0 Å². The Bertz CT molecular complexity index is 2120. The molecule has 61 heavy (non-hydrogen) atoms. The molecule has 16 nitrogen and oxygen atoms in total. The second-order valence-corrected chi connectivity index (χ2v) is 18.9. The maximum atomic E-state index is 14.9. The van der Waals surface area contributed by atoms with Gasteiger partial charge in [-0.15, -0.1) is 0 Å². The average molecular weight is 884 g/mol. The maximum Gasteiger partial charge on any atom is 0.427 e. The number of fused-ring (bicyclic) bond motifs is 1. The average Bonchev–Trinajstić information content (AvgIpc) is 4.11. The first kappa shape index (κ1) is 47.2. The molecule has 0 bridgehead atoms. The van der Waals surface area contributed by atoms with Crippen LogP contribution in [0, 0.1) is 17.8 Å². The largest absolute Gasteiger partial charge is 0.497 e. The van der Waals surface area contributed by atoms with Gasteiger partial charge in [0.05, 0.1) is 31.6 Å². The van der Waals surface area contributed by atoms with Crippen LogP contribution in [0.2, 0.25) is 0 Å². The number of hydrogen-bond donors (Lipinski definition) is 3. The highest BCUT2D eigenvalue weighted by Gasteiger charge is 2.61. The minimum absolute atomic E-state index is 0.0215. The smallest absolute Gasteiger partial charge is 0.427 e. The summed E-state index contributed by atoms with van der Waals surface area (Å²) in [6.45, 7) is 8.44. The van der Waals surface area contributed by atoms with Crippen molar-refractivity contribution in [3.05, 3.63) is 30.0 Å². The molecule has 3 fully saturated rings. The van der Waals surface area contributed by atoms with Crippen LogP contribution in [0.5, 0.6) is 11.6 Å². The lowest BCUT2D eigenvalue weighted by atomic mass is 9.85. The predicted molar refractivity (Wildman–Crippen MR) is 215 cm³/mol. The van der Waals surface area contributed by atoms with Gasteiger partial charge in [-0.3, -0.25) is 19.1 Å². The van der Waals surface area contributed by atoms with E-state index in [-0.39, 0.29) is 36.7 Å². The van der Waals surface area contributed by atoms with Crippen molar-refractivity contribution in [3.63, 3.8) is 0 Å². The number of halogens is 3. The van der Waals surface area contributed by atoms with Gasteiger partial charge in [0.15, 0.2) is 0 Å². The van der Waals surface area contributed by atoms with Gasteiger partial charge in [0.1, 0.15) is 29.5 Å². The van der Waals surface area contributed by atoms with Crippen molar-refractivity contribution in [2.75, 3.05) is 20.8 Å². The first-order chi connectivity index (χ1) is 28.5. The van der Waals surface area contributed by atoms with E-state index in [0.29, 0.717) is 56.1 Å². The molecule has 0 radical (unpaired) electrons. The third kappa shape index (κ3) is 10.4. The summed E-state index contributed by atoms with van der Waals surface area (Å²) in [4.78, 5) is 74.4. The summed E-state index contributed by atoms with van der Waals surface area (Å²) in [5.41, 5.74) is -4.42. The van der Waals surface area contributed by atoms with Crippen molar-refractivity contribution < 1.29 is 64.5 Å². The zero-order valence-corrected chi connectivity index (χ0v) is 36.5. The standard InChI is InChI=1S/C41H56F3N5O11S/c1-9-11-22(3)16-24(10-2)32(46-38(54)60-39(5,6)41(42,43)44)35(51)49-21-26(59-34-28-15-12-25(57-7)17-29(28)30(20-45-34)36(52)58-8)18-31(49)33(50)47-40(19-23(40)4)37(53)48-61(55,56)27-13-14-27/h12,15,17,20,22-24,26-27,31-32H,9-11,13-14,16,18-19,21H2,1-8H3,(H,46,54)(H,47,50)(H,48,53)/t22-,23-,24-,26-,31+,32+,40-/m1/s1. The van der Waals surface area contributed by atoms with E-state index in [9.17, 15) is 45.6 Å². The fourth-order valence-electron chi connectivity index (χ4n) is 7.85. The summed E-state index contributed by atoms with van der Waals surface area (Å²) in [7, 11) is -1.32. The highest BCUT2D eigenvalue weighted by atomic mass is 32.2. The summed E-state index contributed by atoms with van der Waals surface area (Å²) in [5.74, 6) is -3.86. The highest BCUT2D eigenvalue weighted by molar-refractivity contribution is 7.91. The minimum atomic E-state index is -4.94. The van der Waals surface area contributed by atoms with E-state index < -0.39 is 92.4 Å². The molecule has 338 valence electrons. The summed E-state index contributed by atoms with van der Waals surface area (Å²) in [6.07, 6.45) is -3.20. The molecule has 7 atom stereocenters. The number of ether oxygens (including phenoxy) is 4. The van der Waals surface area contributed by atoms with Crippen LogP contribution in [0.1, 0.15) is 103 Å². The molecule has 1 aromatic carbocycles. The number of hydrogen-bond acceptors (Lipinski definition) is 12. The Labute approximate surface area is 353 Å². The van der Waals surface area contributed by atoms with Crippen LogP contribution in [-0.2, 0) is 33.9 Å².